The van der Waals surface area contributed by atoms with E-state index >= 15 is 0 Å². The second-order valence-electron chi connectivity index (χ2n) is 7.03. The maximum atomic E-state index is 12.4. The lowest BCUT2D eigenvalue weighted by atomic mass is 9.50. The molecule has 6 heteroatoms. The van der Waals surface area contributed by atoms with Gasteiger partial charge in [-0.05, 0) is 40.5 Å². The number of methoxy groups -OCH3 is 1. The van der Waals surface area contributed by atoms with E-state index in [0.717, 1.165) is 5.57 Å². The minimum absolute atomic E-state index is 0.0682. The normalized spacial score (nSPS) is 26.6. The first-order valence-electron chi connectivity index (χ1n) is 9.09. The summed E-state index contributed by atoms with van der Waals surface area (Å²) in [6.45, 7) is 7.81. The molecule has 2 aliphatic carbocycles. The summed E-state index contributed by atoms with van der Waals surface area (Å²) in [5.74, 6) is -2.88. The van der Waals surface area contributed by atoms with Gasteiger partial charge in [0.25, 0.3) is 0 Å². The SMILES string of the molecule is CCOC(=O)C(C(=O)OCC)[C@H]1C=C[C@]2(C(=O)OC)CC(=C(C)C)[C@@H]2C1. The summed E-state index contributed by atoms with van der Waals surface area (Å²) in [7, 11) is 1.38. The molecule has 0 aromatic carbocycles. The largest absolute Gasteiger partial charge is 0.468 e. The first-order valence-corrected chi connectivity index (χ1v) is 9.09. The van der Waals surface area contributed by atoms with E-state index < -0.39 is 23.3 Å². The third-order valence-electron chi connectivity index (χ3n) is 5.39. The van der Waals surface area contributed by atoms with Crippen LogP contribution in [0.3, 0.4) is 0 Å². The molecule has 2 aliphatic rings. The van der Waals surface area contributed by atoms with E-state index in [-0.39, 0.29) is 31.0 Å². The van der Waals surface area contributed by atoms with Crippen LogP contribution in [-0.4, -0.2) is 38.2 Å². The Morgan fingerprint density at radius 3 is 2.19 bits per heavy atom. The first-order chi connectivity index (χ1) is 12.3. The summed E-state index contributed by atoms with van der Waals surface area (Å²) in [4.78, 5) is 37.2. The average Bonchev–Trinajstić information content (AvgIpc) is 2.57. The Balaban J connectivity index is 2.36. The van der Waals surface area contributed by atoms with E-state index in [1.807, 2.05) is 19.9 Å². The molecule has 0 aliphatic heterocycles. The number of allylic oxidation sites excluding steroid dienone is 3. The Labute approximate surface area is 154 Å². The van der Waals surface area contributed by atoms with Gasteiger partial charge in [0.05, 0.1) is 25.7 Å². The molecular formula is C20H28O6. The topological polar surface area (TPSA) is 78.9 Å². The zero-order chi connectivity index (χ0) is 19.5. The van der Waals surface area contributed by atoms with Crippen molar-refractivity contribution >= 4 is 17.9 Å². The van der Waals surface area contributed by atoms with Crippen molar-refractivity contribution in [3.05, 3.63) is 23.3 Å². The Morgan fingerprint density at radius 1 is 1.15 bits per heavy atom. The van der Waals surface area contributed by atoms with E-state index in [1.165, 1.54) is 12.7 Å². The predicted molar refractivity (Wildman–Crippen MR) is 94.9 cm³/mol. The van der Waals surface area contributed by atoms with Crippen molar-refractivity contribution < 1.29 is 28.6 Å². The zero-order valence-electron chi connectivity index (χ0n) is 16.2. The maximum absolute atomic E-state index is 12.4. The lowest BCUT2D eigenvalue weighted by Crippen LogP contribution is -2.52. The van der Waals surface area contributed by atoms with Gasteiger partial charge in [0.15, 0.2) is 5.92 Å². The summed E-state index contributed by atoms with van der Waals surface area (Å²) < 4.78 is 15.2. The number of carbonyl (C=O) groups excluding carboxylic acids is 3. The summed E-state index contributed by atoms with van der Waals surface area (Å²) in [5, 5.41) is 0. The Kier molecular flexibility index (Phi) is 6.26. The van der Waals surface area contributed by atoms with Crippen LogP contribution in [0, 0.1) is 23.2 Å². The number of rotatable bonds is 6. The predicted octanol–water partition coefficient (Wildman–Crippen LogP) is 2.82. The quantitative estimate of drug-likeness (QED) is 0.312. The molecule has 0 spiro atoms. The molecule has 1 saturated carbocycles. The highest BCUT2D eigenvalue weighted by Gasteiger charge is 2.58. The van der Waals surface area contributed by atoms with E-state index in [0.29, 0.717) is 12.8 Å². The summed E-state index contributed by atoms with van der Waals surface area (Å²) in [6.07, 6.45) is 4.73. The van der Waals surface area contributed by atoms with Crippen LogP contribution in [0.25, 0.3) is 0 Å². The number of fused-ring (bicyclic) bond motifs is 1. The molecule has 0 unspecified atom stereocenters. The highest BCUT2D eigenvalue weighted by molar-refractivity contribution is 5.95. The fourth-order valence-electron chi connectivity index (χ4n) is 4.07. The van der Waals surface area contributed by atoms with Crippen LogP contribution < -0.4 is 0 Å². The minimum atomic E-state index is -1.01. The van der Waals surface area contributed by atoms with Gasteiger partial charge in [-0.1, -0.05) is 23.3 Å². The van der Waals surface area contributed by atoms with Crippen LogP contribution in [-0.2, 0) is 28.6 Å². The molecule has 0 aromatic rings. The molecule has 0 amide bonds. The van der Waals surface area contributed by atoms with E-state index in [9.17, 15) is 14.4 Å². The van der Waals surface area contributed by atoms with Crippen LogP contribution >= 0.6 is 0 Å². The molecule has 3 atom stereocenters. The second-order valence-corrected chi connectivity index (χ2v) is 7.03. The molecule has 6 nitrogen and oxygen atoms in total. The van der Waals surface area contributed by atoms with Crippen LogP contribution in [0.2, 0.25) is 0 Å². The molecule has 0 N–H and O–H groups in total. The number of hydrogen-bond acceptors (Lipinski definition) is 6. The van der Waals surface area contributed by atoms with E-state index in [2.05, 4.69) is 0 Å². The zero-order valence-corrected chi connectivity index (χ0v) is 16.2. The van der Waals surface area contributed by atoms with Crippen molar-refractivity contribution in [2.75, 3.05) is 20.3 Å². The molecule has 0 bridgehead atoms. The van der Waals surface area contributed by atoms with Gasteiger partial charge in [0.2, 0.25) is 0 Å². The number of esters is 3. The van der Waals surface area contributed by atoms with Gasteiger partial charge in [-0.15, -0.1) is 0 Å². The van der Waals surface area contributed by atoms with Crippen molar-refractivity contribution in [2.45, 2.75) is 40.5 Å². The van der Waals surface area contributed by atoms with Crippen molar-refractivity contribution in [1.82, 2.24) is 0 Å². The van der Waals surface area contributed by atoms with Gasteiger partial charge < -0.3 is 14.2 Å². The van der Waals surface area contributed by atoms with E-state index in [4.69, 9.17) is 14.2 Å². The lowest BCUT2D eigenvalue weighted by Gasteiger charge is -2.52. The van der Waals surface area contributed by atoms with Gasteiger partial charge in [0, 0.05) is 11.8 Å². The number of carbonyl (C=O) groups is 3. The molecule has 0 heterocycles. The third-order valence-corrected chi connectivity index (χ3v) is 5.39. The molecule has 26 heavy (non-hydrogen) atoms. The fraction of sp³-hybridized carbons (Fsp3) is 0.650. The Bertz CT molecular complexity index is 625. The van der Waals surface area contributed by atoms with Crippen molar-refractivity contribution in [1.29, 1.82) is 0 Å². The molecule has 1 fully saturated rings. The molecule has 2 rings (SSSR count). The minimum Gasteiger partial charge on any atom is -0.468 e. The summed E-state index contributed by atoms with van der Waals surface area (Å²) in [5.41, 5.74) is 1.66. The molecule has 0 saturated heterocycles. The molecular weight excluding hydrogens is 336 g/mol. The number of ether oxygens (including phenoxy) is 3. The second kappa shape index (κ2) is 8.06. The van der Waals surface area contributed by atoms with Crippen LogP contribution in [0.5, 0.6) is 0 Å². The fourth-order valence-corrected chi connectivity index (χ4v) is 4.07. The van der Waals surface area contributed by atoms with Crippen LogP contribution in [0.4, 0.5) is 0 Å². The number of hydrogen-bond donors (Lipinski definition) is 0. The average molecular weight is 364 g/mol. The third kappa shape index (κ3) is 3.41. The van der Waals surface area contributed by atoms with Gasteiger partial charge in [-0.3, -0.25) is 14.4 Å². The van der Waals surface area contributed by atoms with E-state index in [1.54, 1.807) is 19.9 Å². The standard InChI is InChI=1S/C20H28O6/c1-6-25-17(21)16(18(22)26-7-2)13-8-9-20(19(23)24-5)11-14(12(3)4)15(20)10-13/h8-9,13,15-16H,6-7,10-11H2,1-5H3/t13-,15-,20-/m0/s1. The molecule has 0 aromatic heterocycles. The van der Waals surface area contributed by atoms with Crippen LogP contribution in [0.15, 0.2) is 23.3 Å². The lowest BCUT2D eigenvalue weighted by molar-refractivity contribution is -0.164. The van der Waals surface area contributed by atoms with Gasteiger partial charge in [-0.2, -0.15) is 0 Å². The monoisotopic (exact) mass is 364 g/mol. The Hall–Kier alpha value is -2.11. The van der Waals surface area contributed by atoms with Gasteiger partial charge in [-0.25, -0.2) is 0 Å². The maximum Gasteiger partial charge on any atom is 0.320 e. The smallest absolute Gasteiger partial charge is 0.320 e. The highest BCUT2D eigenvalue weighted by Crippen LogP contribution is 2.59. The highest BCUT2D eigenvalue weighted by atomic mass is 16.6. The molecule has 0 radical (unpaired) electrons. The summed E-state index contributed by atoms with van der Waals surface area (Å²) in [6, 6.07) is 0. The van der Waals surface area contributed by atoms with Crippen molar-refractivity contribution in [3.63, 3.8) is 0 Å². The van der Waals surface area contributed by atoms with Crippen molar-refractivity contribution in [2.24, 2.45) is 23.2 Å². The summed E-state index contributed by atoms with van der Waals surface area (Å²) >= 11 is 0. The Morgan fingerprint density at radius 2 is 1.73 bits per heavy atom. The van der Waals surface area contributed by atoms with Gasteiger partial charge in [0.1, 0.15) is 0 Å². The first kappa shape index (κ1) is 20.2. The van der Waals surface area contributed by atoms with Gasteiger partial charge >= 0.3 is 17.9 Å². The van der Waals surface area contributed by atoms with Crippen LogP contribution in [0.1, 0.15) is 40.5 Å². The molecule has 144 valence electrons. The van der Waals surface area contributed by atoms with Crippen molar-refractivity contribution in [3.8, 4) is 0 Å².